The van der Waals surface area contributed by atoms with E-state index in [9.17, 15) is 27.6 Å². The molecular formula is C34H21F3O6Ti. The fourth-order valence-electron chi connectivity index (χ4n) is 4.97. The average molecular weight is 630 g/mol. The van der Waals surface area contributed by atoms with Crippen molar-refractivity contribution in [1.29, 1.82) is 0 Å². The molecule has 0 bridgehead atoms. The van der Waals surface area contributed by atoms with Gasteiger partial charge in [0.25, 0.3) is 0 Å². The molecule has 5 aromatic carbocycles. The third-order valence-corrected chi connectivity index (χ3v) is 11.0. The van der Waals surface area contributed by atoms with Gasteiger partial charge in [0.15, 0.2) is 0 Å². The van der Waals surface area contributed by atoms with Crippen LogP contribution in [0, 0.1) is 17.5 Å². The van der Waals surface area contributed by atoms with E-state index in [1.807, 2.05) is 30.3 Å². The molecule has 6 nitrogen and oxygen atoms in total. The van der Waals surface area contributed by atoms with E-state index in [2.05, 4.69) is 0 Å². The number of carbonyl (C=O) groups excluding carboxylic acids is 3. The van der Waals surface area contributed by atoms with Crippen LogP contribution in [-0.2, 0) is 34.1 Å². The maximum atomic E-state index is 13.7. The Balaban J connectivity index is 1.52. The third-order valence-electron chi connectivity index (χ3n) is 7.10. The molecule has 218 valence electrons. The van der Waals surface area contributed by atoms with Crippen LogP contribution in [0.2, 0.25) is 0 Å². The second-order valence-corrected chi connectivity index (χ2v) is 13.4. The summed E-state index contributed by atoms with van der Waals surface area (Å²) in [5, 5.41) is 0. The molecule has 6 rings (SSSR count). The van der Waals surface area contributed by atoms with Crippen LogP contribution < -0.4 is 3.87 Å². The summed E-state index contributed by atoms with van der Waals surface area (Å²) in [4.78, 5) is 40.8. The van der Waals surface area contributed by atoms with E-state index in [1.165, 1.54) is 36.4 Å². The number of rotatable bonds is 7. The molecule has 44 heavy (non-hydrogen) atoms. The van der Waals surface area contributed by atoms with Crippen molar-refractivity contribution in [2.24, 2.45) is 0 Å². The zero-order valence-corrected chi connectivity index (χ0v) is 24.3. The van der Waals surface area contributed by atoms with Crippen molar-refractivity contribution in [2.75, 3.05) is 0 Å². The van der Waals surface area contributed by atoms with Gasteiger partial charge in [-0.25, -0.2) is 0 Å². The quantitative estimate of drug-likeness (QED) is 0.181. The number of hydrogen-bond acceptors (Lipinski definition) is 6. The Morgan fingerprint density at radius 2 is 0.909 bits per heavy atom. The molecule has 0 radical (unpaired) electrons. The standard InChI is InChI=1S/C13H9.3C7H5FO2.Ti/c1-3-7-12-10(5-1)9-11-6-2-4-8-13(11)12;3*8-6-3-1-5(2-4-6)7(9)10;/h1-5,7-8H,9H2;3*1-4H,(H,9,10);/q;;;;+3/p-3. The van der Waals surface area contributed by atoms with E-state index >= 15 is 0 Å². The first-order valence-electron chi connectivity index (χ1n) is 13.4. The second-order valence-electron chi connectivity index (χ2n) is 9.91. The molecule has 0 N–H and O–H groups in total. The van der Waals surface area contributed by atoms with Gasteiger partial charge in [0.1, 0.15) is 0 Å². The third kappa shape index (κ3) is 5.80. The molecule has 0 fully saturated rings. The van der Waals surface area contributed by atoms with Crippen LogP contribution >= 0.6 is 0 Å². The van der Waals surface area contributed by atoms with Gasteiger partial charge in [0.2, 0.25) is 0 Å². The van der Waals surface area contributed by atoms with Crippen molar-refractivity contribution in [3.8, 4) is 11.1 Å². The first kappa shape index (κ1) is 29.1. The maximum absolute atomic E-state index is 13.7. The number of hydrogen-bond donors (Lipinski definition) is 0. The fourth-order valence-corrected chi connectivity index (χ4v) is 8.77. The van der Waals surface area contributed by atoms with Crippen molar-refractivity contribution in [1.82, 2.24) is 0 Å². The van der Waals surface area contributed by atoms with Crippen molar-refractivity contribution in [3.63, 3.8) is 0 Å². The number of carbonyl (C=O) groups is 3. The van der Waals surface area contributed by atoms with Gasteiger partial charge in [-0.05, 0) is 0 Å². The van der Waals surface area contributed by atoms with Gasteiger partial charge in [-0.1, -0.05) is 0 Å². The van der Waals surface area contributed by atoms with Gasteiger partial charge in [-0.2, -0.15) is 0 Å². The molecule has 10 heteroatoms. The Hall–Kier alpha value is -4.99. The van der Waals surface area contributed by atoms with E-state index in [1.54, 1.807) is 12.1 Å². The minimum absolute atomic E-state index is 0.0899. The molecule has 1 aliphatic carbocycles. The van der Waals surface area contributed by atoms with Crippen LogP contribution in [0.15, 0.2) is 115 Å². The van der Waals surface area contributed by atoms with E-state index < -0.39 is 53.1 Å². The molecule has 0 heterocycles. The van der Waals surface area contributed by atoms with Gasteiger partial charge in [0.05, 0.1) is 0 Å². The fraction of sp³-hybridized carbons (Fsp3) is 0.0294. The molecule has 0 amide bonds. The predicted molar refractivity (Wildman–Crippen MR) is 150 cm³/mol. The molecular weight excluding hydrogens is 609 g/mol. The first-order chi connectivity index (χ1) is 21.2. The number of halogens is 3. The summed E-state index contributed by atoms with van der Waals surface area (Å²) in [5.74, 6) is -4.89. The van der Waals surface area contributed by atoms with Gasteiger partial charge < -0.3 is 0 Å². The van der Waals surface area contributed by atoms with Gasteiger partial charge in [0, 0.05) is 0 Å². The summed E-state index contributed by atoms with van der Waals surface area (Å²) in [6.45, 7) is 0. The van der Waals surface area contributed by atoms with Crippen molar-refractivity contribution < 1.29 is 55.3 Å². The Morgan fingerprint density at radius 1 is 0.500 bits per heavy atom. The second kappa shape index (κ2) is 12.0. The predicted octanol–water partition coefficient (Wildman–Crippen LogP) is 6.77. The van der Waals surface area contributed by atoms with Gasteiger partial charge in [-0.3, -0.25) is 0 Å². The van der Waals surface area contributed by atoms with Crippen molar-refractivity contribution in [3.05, 3.63) is 161 Å². The Morgan fingerprint density at radius 3 is 1.36 bits per heavy atom. The van der Waals surface area contributed by atoms with Crippen LogP contribution in [0.25, 0.3) is 11.1 Å². The Labute approximate surface area is 254 Å². The molecule has 5 aromatic rings. The van der Waals surface area contributed by atoms with Crippen LogP contribution in [0.1, 0.15) is 42.2 Å². The molecule has 0 saturated carbocycles. The SMILES string of the molecule is O=C([O][Ti]([O]C(=O)c1ccc(F)cc1)([O]C(=O)c1ccc(F)cc1)[c]1cccc2c1Cc1ccccc1-2)c1ccc(F)cc1. The summed E-state index contributed by atoms with van der Waals surface area (Å²) in [6.07, 6.45) is 0.352. The average Bonchev–Trinajstić information content (AvgIpc) is 3.41. The molecule has 0 unspecified atom stereocenters. The minimum atomic E-state index is -5.72. The van der Waals surface area contributed by atoms with Crippen molar-refractivity contribution in [2.45, 2.75) is 6.42 Å². The van der Waals surface area contributed by atoms with Crippen LogP contribution in [-0.4, -0.2) is 17.9 Å². The Kier molecular flexibility index (Phi) is 7.90. The molecule has 0 atom stereocenters. The molecule has 0 spiro atoms. The summed E-state index contributed by atoms with van der Waals surface area (Å²) in [5.41, 5.74) is 2.97. The zero-order chi connectivity index (χ0) is 30.8. The van der Waals surface area contributed by atoms with Gasteiger partial charge >= 0.3 is 255 Å². The van der Waals surface area contributed by atoms with E-state index in [4.69, 9.17) is 9.96 Å². The zero-order valence-electron chi connectivity index (χ0n) is 22.8. The van der Waals surface area contributed by atoms with E-state index in [0.29, 0.717) is 12.0 Å². The van der Waals surface area contributed by atoms with Crippen molar-refractivity contribution >= 4 is 21.8 Å². The number of benzene rings is 5. The van der Waals surface area contributed by atoms with Crippen LogP contribution in [0.5, 0.6) is 0 Å². The molecule has 0 saturated heterocycles. The van der Waals surface area contributed by atoms with Crippen LogP contribution in [0.4, 0.5) is 13.2 Å². The van der Waals surface area contributed by atoms with Gasteiger partial charge in [-0.15, -0.1) is 0 Å². The first-order valence-corrected chi connectivity index (χ1v) is 16.1. The number of fused-ring (bicyclic) bond motifs is 3. The molecule has 1 aliphatic rings. The summed E-state index contributed by atoms with van der Waals surface area (Å²) < 4.78 is 59.2. The monoisotopic (exact) mass is 630 g/mol. The summed E-state index contributed by atoms with van der Waals surface area (Å²) >= 11 is -5.72. The van der Waals surface area contributed by atoms with E-state index in [-0.39, 0.29) is 20.6 Å². The topological polar surface area (TPSA) is 78.9 Å². The molecule has 0 aliphatic heterocycles. The summed E-state index contributed by atoms with van der Waals surface area (Å²) in [7, 11) is 0. The Bertz CT molecular complexity index is 1750. The van der Waals surface area contributed by atoms with E-state index in [0.717, 1.165) is 53.1 Å². The van der Waals surface area contributed by atoms with Crippen LogP contribution in [0.3, 0.4) is 0 Å². The summed E-state index contributed by atoms with van der Waals surface area (Å²) in [6, 6.07) is 26.1. The molecule has 0 aromatic heterocycles. The normalized spacial score (nSPS) is 11.7.